The summed E-state index contributed by atoms with van der Waals surface area (Å²) in [6.45, 7) is 4.99. The molecule has 0 aliphatic carbocycles. The summed E-state index contributed by atoms with van der Waals surface area (Å²) in [6.07, 6.45) is 3.65. The molecule has 0 saturated heterocycles. The van der Waals surface area contributed by atoms with E-state index >= 15 is 0 Å². The van der Waals surface area contributed by atoms with E-state index in [-0.39, 0.29) is 0 Å². The molecule has 1 N–H and O–H groups in total. The van der Waals surface area contributed by atoms with Crippen LogP contribution in [0.1, 0.15) is 12.5 Å². The highest BCUT2D eigenvalue weighted by atomic mass is 16.5. The van der Waals surface area contributed by atoms with Crippen molar-refractivity contribution < 1.29 is 4.74 Å². The molecule has 1 atom stereocenters. The summed E-state index contributed by atoms with van der Waals surface area (Å²) in [7, 11) is 1.94. The fraction of sp³-hybridized carbons (Fsp3) is 0.357. The van der Waals surface area contributed by atoms with Gasteiger partial charge in [-0.25, -0.2) is 0 Å². The van der Waals surface area contributed by atoms with Gasteiger partial charge in [0.2, 0.25) is 0 Å². The Hall–Kier alpha value is -1.81. The third-order valence-corrected chi connectivity index (χ3v) is 2.79. The van der Waals surface area contributed by atoms with Crippen LogP contribution < -0.4 is 10.1 Å². The molecule has 0 aliphatic rings. The van der Waals surface area contributed by atoms with E-state index in [1.165, 1.54) is 5.56 Å². The largest absolute Gasteiger partial charge is 0.454 e. The molecule has 0 fully saturated rings. The van der Waals surface area contributed by atoms with E-state index in [1.54, 1.807) is 6.20 Å². The Bertz CT molecular complexity index is 507. The van der Waals surface area contributed by atoms with Crippen LogP contribution in [0.3, 0.4) is 0 Å². The Morgan fingerprint density at radius 3 is 2.94 bits per heavy atom. The molecule has 0 spiro atoms. The van der Waals surface area contributed by atoms with Crippen LogP contribution in [-0.4, -0.2) is 22.9 Å². The Kier molecular flexibility index (Phi) is 3.99. The van der Waals surface area contributed by atoms with Gasteiger partial charge in [0.15, 0.2) is 5.75 Å². The smallest absolute Gasteiger partial charge is 0.165 e. The van der Waals surface area contributed by atoms with E-state index in [9.17, 15) is 0 Å². The minimum atomic E-state index is 0.386. The third kappa shape index (κ3) is 3.34. The van der Waals surface area contributed by atoms with Crippen LogP contribution in [0.5, 0.6) is 11.5 Å². The number of hydrogen-bond acceptors (Lipinski definition) is 3. The number of ether oxygens (including phenoxy) is 1. The first-order valence-corrected chi connectivity index (χ1v) is 6.11. The van der Waals surface area contributed by atoms with Gasteiger partial charge in [-0.1, -0.05) is 12.1 Å². The van der Waals surface area contributed by atoms with E-state index < -0.39 is 0 Å². The Balaban J connectivity index is 2.02. The van der Waals surface area contributed by atoms with Crippen molar-refractivity contribution in [2.45, 2.75) is 26.4 Å². The van der Waals surface area contributed by atoms with Gasteiger partial charge in [-0.3, -0.25) is 4.68 Å². The molecular formula is C14H19N3O. The summed E-state index contributed by atoms with van der Waals surface area (Å²) in [5.74, 6) is 1.61. The summed E-state index contributed by atoms with van der Waals surface area (Å²) in [5.41, 5.74) is 1.18. The summed E-state index contributed by atoms with van der Waals surface area (Å²) in [4.78, 5) is 0. The van der Waals surface area contributed by atoms with Crippen LogP contribution in [0.2, 0.25) is 0 Å². The van der Waals surface area contributed by atoms with Crippen LogP contribution in [0, 0.1) is 6.92 Å². The molecule has 1 heterocycles. The lowest BCUT2D eigenvalue weighted by molar-refractivity contribution is 0.468. The van der Waals surface area contributed by atoms with E-state index in [1.807, 2.05) is 49.1 Å². The maximum atomic E-state index is 5.75. The number of aromatic nitrogens is 2. The van der Waals surface area contributed by atoms with Gasteiger partial charge in [-0.15, -0.1) is 0 Å². The summed E-state index contributed by atoms with van der Waals surface area (Å²) >= 11 is 0. The minimum Gasteiger partial charge on any atom is -0.454 e. The molecule has 4 nitrogen and oxygen atoms in total. The van der Waals surface area contributed by atoms with Crippen LogP contribution in [0.15, 0.2) is 36.7 Å². The molecule has 2 rings (SSSR count). The van der Waals surface area contributed by atoms with Crippen molar-refractivity contribution in [3.8, 4) is 11.5 Å². The molecule has 1 unspecified atom stereocenters. The topological polar surface area (TPSA) is 39.1 Å². The number of likely N-dealkylation sites (N-methyl/N-ethyl adjacent to an activating group) is 1. The van der Waals surface area contributed by atoms with Crippen LogP contribution in [0.4, 0.5) is 0 Å². The van der Waals surface area contributed by atoms with Crippen molar-refractivity contribution in [2.75, 3.05) is 7.05 Å². The zero-order valence-corrected chi connectivity index (χ0v) is 11.1. The van der Waals surface area contributed by atoms with E-state index in [4.69, 9.17) is 4.74 Å². The number of aryl methyl sites for hydroxylation is 1. The second-order valence-electron chi connectivity index (χ2n) is 4.51. The average molecular weight is 245 g/mol. The zero-order chi connectivity index (χ0) is 13.0. The van der Waals surface area contributed by atoms with Gasteiger partial charge < -0.3 is 10.1 Å². The molecule has 0 saturated carbocycles. The number of rotatable bonds is 5. The molecule has 18 heavy (non-hydrogen) atoms. The quantitative estimate of drug-likeness (QED) is 0.880. The second-order valence-corrected chi connectivity index (χ2v) is 4.51. The number of hydrogen-bond donors (Lipinski definition) is 1. The van der Waals surface area contributed by atoms with Gasteiger partial charge in [0.05, 0.1) is 18.9 Å². The number of benzene rings is 1. The monoisotopic (exact) mass is 245 g/mol. The standard InChI is InChI=1S/C14H19N3O/c1-11-5-4-6-13(7-11)18-14-8-16-17(10-14)9-12(2)15-3/h4-8,10,12,15H,9H2,1-3H3. The van der Waals surface area contributed by atoms with E-state index in [0.717, 1.165) is 18.0 Å². The van der Waals surface area contributed by atoms with Crippen molar-refractivity contribution in [1.82, 2.24) is 15.1 Å². The Morgan fingerprint density at radius 1 is 1.39 bits per heavy atom. The normalized spacial score (nSPS) is 12.4. The predicted molar refractivity (Wildman–Crippen MR) is 72.0 cm³/mol. The zero-order valence-electron chi connectivity index (χ0n) is 11.1. The number of nitrogens with zero attached hydrogens (tertiary/aromatic N) is 2. The maximum Gasteiger partial charge on any atom is 0.165 e. The fourth-order valence-corrected chi connectivity index (χ4v) is 1.68. The van der Waals surface area contributed by atoms with Gasteiger partial charge in [-0.05, 0) is 38.6 Å². The van der Waals surface area contributed by atoms with Crippen LogP contribution in [0.25, 0.3) is 0 Å². The molecule has 1 aromatic heterocycles. The summed E-state index contributed by atoms with van der Waals surface area (Å²) in [5, 5.41) is 7.45. The van der Waals surface area contributed by atoms with Crippen molar-refractivity contribution in [3.05, 3.63) is 42.2 Å². The van der Waals surface area contributed by atoms with Crippen LogP contribution >= 0.6 is 0 Å². The van der Waals surface area contributed by atoms with Crippen molar-refractivity contribution in [1.29, 1.82) is 0 Å². The highest BCUT2D eigenvalue weighted by molar-refractivity contribution is 5.31. The van der Waals surface area contributed by atoms with Crippen LogP contribution in [-0.2, 0) is 6.54 Å². The molecule has 0 amide bonds. The fourth-order valence-electron chi connectivity index (χ4n) is 1.68. The minimum absolute atomic E-state index is 0.386. The SMILES string of the molecule is CNC(C)Cn1cc(Oc2cccc(C)c2)cn1. The Labute approximate surface area is 108 Å². The van der Waals surface area contributed by atoms with Gasteiger partial charge in [0.1, 0.15) is 5.75 Å². The first-order valence-electron chi connectivity index (χ1n) is 6.11. The first kappa shape index (κ1) is 12.6. The molecule has 0 radical (unpaired) electrons. The first-order chi connectivity index (χ1) is 8.67. The average Bonchev–Trinajstić information content (AvgIpc) is 2.76. The molecule has 4 heteroatoms. The molecule has 0 bridgehead atoms. The van der Waals surface area contributed by atoms with Gasteiger partial charge in [0.25, 0.3) is 0 Å². The predicted octanol–water partition coefficient (Wildman–Crippen LogP) is 2.59. The number of nitrogens with one attached hydrogen (secondary N) is 1. The van der Waals surface area contributed by atoms with Crippen molar-refractivity contribution in [2.24, 2.45) is 0 Å². The lowest BCUT2D eigenvalue weighted by Crippen LogP contribution is -2.26. The second kappa shape index (κ2) is 5.69. The highest BCUT2D eigenvalue weighted by Gasteiger charge is 2.04. The summed E-state index contributed by atoms with van der Waals surface area (Å²) < 4.78 is 7.63. The van der Waals surface area contributed by atoms with Gasteiger partial charge >= 0.3 is 0 Å². The molecular weight excluding hydrogens is 226 g/mol. The molecule has 0 aliphatic heterocycles. The lowest BCUT2D eigenvalue weighted by Gasteiger charge is -2.09. The van der Waals surface area contributed by atoms with Crippen molar-refractivity contribution >= 4 is 0 Å². The Morgan fingerprint density at radius 2 is 2.22 bits per heavy atom. The molecule has 96 valence electrons. The van der Waals surface area contributed by atoms with Gasteiger partial charge in [-0.2, -0.15) is 5.10 Å². The molecule has 1 aromatic carbocycles. The van der Waals surface area contributed by atoms with E-state index in [0.29, 0.717) is 6.04 Å². The van der Waals surface area contributed by atoms with Crippen molar-refractivity contribution in [3.63, 3.8) is 0 Å². The molecule has 2 aromatic rings. The maximum absolute atomic E-state index is 5.75. The third-order valence-electron chi connectivity index (χ3n) is 2.79. The lowest BCUT2D eigenvalue weighted by atomic mass is 10.2. The highest BCUT2D eigenvalue weighted by Crippen LogP contribution is 2.21. The van der Waals surface area contributed by atoms with E-state index in [2.05, 4.69) is 17.3 Å². The summed E-state index contributed by atoms with van der Waals surface area (Å²) in [6, 6.07) is 8.37. The van der Waals surface area contributed by atoms with Gasteiger partial charge in [0, 0.05) is 6.04 Å².